The van der Waals surface area contributed by atoms with Crippen molar-refractivity contribution in [2.24, 2.45) is 0 Å². The minimum Gasteiger partial charge on any atom is -0.456 e. The quantitative estimate of drug-likeness (QED) is 0.161. The number of fused-ring (bicyclic) bond motifs is 13. The highest BCUT2D eigenvalue weighted by atomic mass is 16.3. The molecule has 0 saturated heterocycles. The second kappa shape index (κ2) is 13.5. The number of furan rings is 1. The van der Waals surface area contributed by atoms with Crippen LogP contribution >= 0.6 is 0 Å². The summed E-state index contributed by atoms with van der Waals surface area (Å²) in [5.41, 5.74) is 15.0. The van der Waals surface area contributed by atoms with Gasteiger partial charge in [-0.05, 0) is 137 Å². The Morgan fingerprint density at radius 1 is 0.317 bits per heavy atom. The van der Waals surface area contributed by atoms with E-state index >= 15 is 0 Å². The second-order valence-corrected chi connectivity index (χ2v) is 17.6. The summed E-state index contributed by atoms with van der Waals surface area (Å²) in [6.45, 7) is 4.72. The van der Waals surface area contributed by atoms with E-state index in [-0.39, 0.29) is 5.41 Å². The molecule has 0 spiro atoms. The van der Waals surface area contributed by atoms with Crippen molar-refractivity contribution >= 4 is 82.1 Å². The fourth-order valence-electron chi connectivity index (χ4n) is 10.8. The topological polar surface area (TPSA) is 16.4 Å². The zero-order chi connectivity index (χ0) is 41.8. The first-order valence-corrected chi connectivity index (χ1v) is 21.9. The number of anilines is 3. The third kappa shape index (κ3) is 5.38. The van der Waals surface area contributed by atoms with Gasteiger partial charge in [-0.15, -0.1) is 0 Å². The third-order valence-electron chi connectivity index (χ3n) is 13.8. The zero-order valence-corrected chi connectivity index (χ0v) is 35.1. The zero-order valence-electron chi connectivity index (χ0n) is 35.1. The van der Waals surface area contributed by atoms with Gasteiger partial charge in [0.25, 0.3) is 0 Å². The number of hydrogen-bond acceptors (Lipinski definition) is 2. The summed E-state index contributed by atoms with van der Waals surface area (Å²) in [4.78, 5) is 2.46. The molecule has 12 aromatic rings. The average molecular weight is 804 g/mol. The Labute approximate surface area is 365 Å². The lowest BCUT2D eigenvalue weighted by molar-refractivity contribution is 0.660. The smallest absolute Gasteiger partial charge is 0.135 e. The summed E-state index contributed by atoms with van der Waals surface area (Å²) in [5, 5.41) is 12.3. The Morgan fingerprint density at radius 2 is 0.825 bits per heavy atom. The average Bonchev–Trinajstić information content (AvgIpc) is 3.82. The molecule has 0 amide bonds. The van der Waals surface area contributed by atoms with Crippen LogP contribution in [0.1, 0.15) is 25.0 Å². The van der Waals surface area contributed by atoms with Crippen molar-refractivity contribution < 1.29 is 4.42 Å². The number of nitrogens with zero attached hydrogens (tertiary/aromatic N) is 1. The molecule has 0 aliphatic heterocycles. The molecule has 13 rings (SSSR count). The molecular weight excluding hydrogens is 763 g/mol. The number of hydrogen-bond donors (Lipinski definition) is 0. The van der Waals surface area contributed by atoms with Crippen LogP contribution in [-0.2, 0) is 5.41 Å². The van der Waals surface area contributed by atoms with E-state index in [1.54, 1.807) is 0 Å². The van der Waals surface area contributed by atoms with Crippen molar-refractivity contribution in [2.45, 2.75) is 19.3 Å². The Bertz CT molecular complexity index is 3800. The van der Waals surface area contributed by atoms with Crippen molar-refractivity contribution in [3.63, 3.8) is 0 Å². The molecule has 0 radical (unpaired) electrons. The Balaban J connectivity index is 1.01. The highest BCUT2D eigenvalue weighted by molar-refractivity contribution is 6.26. The summed E-state index contributed by atoms with van der Waals surface area (Å²) in [7, 11) is 0. The molecule has 0 fully saturated rings. The van der Waals surface area contributed by atoms with Gasteiger partial charge < -0.3 is 9.32 Å². The van der Waals surface area contributed by atoms with Gasteiger partial charge in [0, 0.05) is 32.9 Å². The first-order valence-electron chi connectivity index (χ1n) is 21.9. The molecule has 11 aromatic carbocycles. The van der Waals surface area contributed by atoms with Gasteiger partial charge in [0.15, 0.2) is 0 Å². The standard InChI is InChI=1S/C61H41NO/c1-61(2)56-23-13-12-21-50(56)51-29-26-42(37-57(51)61)62(58-31-30-43(38-14-4-3-5-15-38)44-16-10-11-22-52(44)58)41-27-33-60-55(36-41)54-35-40(25-32-59(54)63-60)39-24-28-49-47-19-7-6-17-45(47)46-18-8-9-20-48(46)53(49)34-39/h3-37H,1-2H3. The lowest BCUT2D eigenvalue weighted by Crippen LogP contribution is -2.16. The maximum Gasteiger partial charge on any atom is 0.135 e. The highest BCUT2D eigenvalue weighted by Gasteiger charge is 2.36. The van der Waals surface area contributed by atoms with Gasteiger partial charge in [0.1, 0.15) is 11.2 Å². The molecule has 1 aromatic heterocycles. The molecule has 0 atom stereocenters. The first kappa shape index (κ1) is 35.8. The highest BCUT2D eigenvalue weighted by Crippen LogP contribution is 2.52. The van der Waals surface area contributed by atoms with Crippen LogP contribution in [0.2, 0.25) is 0 Å². The molecule has 1 aliphatic rings. The van der Waals surface area contributed by atoms with E-state index in [1.807, 2.05) is 0 Å². The summed E-state index contributed by atoms with van der Waals surface area (Å²) < 4.78 is 6.61. The molecule has 0 saturated carbocycles. The van der Waals surface area contributed by atoms with Crippen molar-refractivity contribution in [2.75, 3.05) is 4.90 Å². The minimum atomic E-state index is -0.143. The SMILES string of the molecule is CC1(C)c2ccccc2-c2ccc(N(c3ccc4oc5ccc(-c6ccc7c8ccccc8c8ccccc8c7c6)cc5c4c3)c3ccc(-c4ccccc4)c4ccccc34)cc21. The van der Waals surface area contributed by atoms with Gasteiger partial charge in [-0.1, -0.05) is 172 Å². The fourth-order valence-corrected chi connectivity index (χ4v) is 10.8. The van der Waals surface area contributed by atoms with E-state index < -0.39 is 0 Å². The van der Waals surface area contributed by atoms with Gasteiger partial charge in [0.2, 0.25) is 0 Å². The molecule has 0 N–H and O–H groups in total. The molecule has 0 bridgehead atoms. The normalized spacial score (nSPS) is 13.0. The molecule has 1 heterocycles. The van der Waals surface area contributed by atoms with E-state index in [1.165, 1.54) is 82.0 Å². The van der Waals surface area contributed by atoms with Crippen LogP contribution in [0.25, 0.3) is 98.4 Å². The molecular formula is C61H41NO. The van der Waals surface area contributed by atoms with Gasteiger partial charge >= 0.3 is 0 Å². The molecule has 0 unspecified atom stereocenters. The fraction of sp³-hybridized carbons (Fsp3) is 0.0492. The van der Waals surface area contributed by atoms with Crippen molar-refractivity contribution in [1.29, 1.82) is 0 Å². The number of rotatable bonds is 5. The van der Waals surface area contributed by atoms with Gasteiger partial charge in [-0.2, -0.15) is 0 Å². The summed E-state index contributed by atoms with van der Waals surface area (Å²) in [6, 6.07) is 78.0. The lowest BCUT2D eigenvalue weighted by Gasteiger charge is -2.29. The predicted octanol–water partition coefficient (Wildman–Crippen LogP) is 17.3. The van der Waals surface area contributed by atoms with Crippen molar-refractivity contribution in [3.8, 4) is 33.4 Å². The summed E-state index contributed by atoms with van der Waals surface area (Å²) >= 11 is 0. The third-order valence-corrected chi connectivity index (χ3v) is 13.8. The van der Waals surface area contributed by atoms with Crippen molar-refractivity contribution in [1.82, 2.24) is 0 Å². The largest absolute Gasteiger partial charge is 0.456 e. The van der Waals surface area contributed by atoms with Gasteiger partial charge in [-0.3, -0.25) is 0 Å². The Kier molecular flexibility index (Phi) is 7.68. The van der Waals surface area contributed by atoms with Crippen molar-refractivity contribution in [3.05, 3.63) is 223 Å². The Morgan fingerprint density at radius 3 is 1.57 bits per heavy atom. The van der Waals surface area contributed by atoms with Crippen LogP contribution in [0.4, 0.5) is 17.1 Å². The van der Waals surface area contributed by atoms with E-state index in [4.69, 9.17) is 4.42 Å². The summed E-state index contributed by atoms with van der Waals surface area (Å²) in [6.07, 6.45) is 0. The predicted molar refractivity (Wildman–Crippen MR) is 267 cm³/mol. The lowest BCUT2D eigenvalue weighted by atomic mass is 9.82. The van der Waals surface area contributed by atoms with E-state index in [0.29, 0.717) is 0 Å². The van der Waals surface area contributed by atoms with E-state index in [2.05, 4.69) is 231 Å². The molecule has 2 nitrogen and oxygen atoms in total. The monoisotopic (exact) mass is 803 g/mol. The first-order chi connectivity index (χ1) is 31.0. The van der Waals surface area contributed by atoms with Crippen LogP contribution in [0, 0.1) is 0 Å². The van der Waals surface area contributed by atoms with Gasteiger partial charge in [-0.25, -0.2) is 0 Å². The van der Waals surface area contributed by atoms with Crippen LogP contribution in [0.5, 0.6) is 0 Å². The molecule has 2 heteroatoms. The maximum atomic E-state index is 6.61. The van der Waals surface area contributed by atoms with Crippen LogP contribution in [0.3, 0.4) is 0 Å². The van der Waals surface area contributed by atoms with Crippen LogP contribution in [0.15, 0.2) is 217 Å². The minimum absolute atomic E-state index is 0.143. The second-order valence-electron chi connectivity index (χ2n) is 17.6. The maximum absolute atomic E-state index is 6.61. The van der Waals surface area contributed by atoms with Gasteiger partial charge in [0.05, 0.1) is 5.69 Å². The van der Waals surface area contributed by atoms with E-state index in [0.717, 1.165) is 44.6 Å². The van der Waals surface area contributed by atoms with E-state index in [9.17, 15) is 0 Å². The Hall–Kier alpha value is -7.94. The van der Waals surface area contributed by atoms with Crippen LogP contribution < -0.4 is 4.90 Å². The molecule has 296 valence electrons. The summed E-state index contributed by atoms with van der Waals surface area (Å²) in [5.74, 6) is 0. The molecule has 1 aliphatic carbocycles. The number of benzene rings is 11. The molecule has 63 heavy (non-hydrogen) atoms. The van der Waals surface area contributed by atoms with Crippen LogP contribution in [-0.4, -0.2) is 0 Å².